The molecule has 0 saturated carbocycles. The molecule has 4 heteroatoms. The first-order valence-corrected chi connectivity index (χ1v) is 5.29. The monoisotopic (exact) mass is 227 g/mol. The second-order valence-electron chi connectivity index (χ2n) is 3.61. The van der Waals surface area contributed by atoms with Crippen molar-refractivity contribution in [3.8, 4) is 0 Å². The van der Waals surface area contributed by atoms with Gasteiger partial charge in [0.25, 0.3) is 0 Å². The minimum Gasteiger partial charge on any atom is -0.352 e. The molecule has 2 aromatic rings. The number of carbonyl (C=O) groups excluding carboxylic acids is 1. The van der Waals surface area contributed by atoms with E-state index in [4.69, 9.17) is 5.73 Å². The summed E-state index contributed by atoms with van der Waals surface area (Å²) in [5.74, 6) is 0. The van der Waals surface area contributed by atoms with E-state index in [0.29, 0.717) is 0 Å². The Bertz CT molecular complexity index is 445. The quantitative estimate of drug-likeness (QED) is 0.840. The molecule has 86 valence electrons. The summed E-state index contributed by atoms with van der Waals surface area (Å²) in [5.41, 5.74) is 6.90. The number of rotatable bonds is 3. The highest BCUT2D eigenvalue weighted by atomic mass is 16.2. The van der Waals surface area contributed by atoms with Gasteiger partial charge in [0.05, 0.1) is 11.7 Å². The summed E-state index contributed by atoms with van der Waals surface area (Å²) in [6, 6.07) is 14.3. The number of urea groups is 1. The fourth-order valence-electron chi connectivity index (χ4n) is 1.66. The van der Waals surface area contributed by atoms with E-state index in [0.717, 1.165) is 11.3 Å². The third-order valence-corrected chi connectivity index (χ3v) is 2.40. The Hall–Kier alpha value is -2.36. The molecule has 1 atom stereocenters. The van der Waals surface area contributed by atoms with Crippen molar-refractivity contribution in [3.05, 3.63) is 66.0 Å². The minimum atomic E-state index is -0.565. The van der Waals surface area contributed by atoms with Crippen molar-refractivity contribution in [1.29, 1.82) is 0 Å². The summed E-state index contributed by atoms with van der Waals surface area (Å²) < 4.78 is 0. The van der Waals surface area contributed by atoms with Gasteiger partial charge < -0.3 is 11.1 Å². The molecule has 17 heavy (non-hydrogen) atoms. The van der Waals surface area contributed by atoms with Crippen molar-refractivity contribution >= 4 is 6.03 Å². The van der Waals surface area contributed by atoms with Crippen molar-refractivity contribution in [2.75, 3.05) is 0 Å². The van der Waals surface area contributed by atoms with Crippen LogP contribution in [0, 0.1) is 0 Å². The number of pyridine rings is 1. The van der Waals surface area contributed by atoms with E-state index in [-0.39, 0.29) is 6.04 Å². The molecule has 4 nitrogen and oxygen atoms in total. The Balaban J connectivity index is 2.36. The number of aromatic nitrogens is 1. The van der Waals surface area contributed by atoms with E-state index < -0.39 is 6.03 Å². The molecule has 0 aliphatic carbocycles. The lowest BCUT2D eigenvalue weighted by atomic mass is 10.0. The highest BCUT2D eigenvalue weighted by molar-refractivity contribution is 5.72. The van der Waals surface area contributed by atoms with Crippen LogP contribution in [0.25, 0.3) is 0 Å². The van der Waals surface area contributed by atoms with Crippen LogP contribution in [-0.2, 0) is 0 Å². The topological polar surface area (TPSA) is 68.0 Å². The van der Waals surface area contributed by atoms with Crippen molar-refractivity contribution in [2.45, 2.75) is 6.04 Å². The van der Waals surface area contributed by atoms with Crippen LogP contribution in [0.4, 0.5) is 4.79 Å². The van der Waals surface area contributed by atoms with E-state index >= 15 is 0 Å². The van der Waals surface area contributed by atoms with Crippen LogP contribution >= 0.6 is 0 Å². The summed E-state index contributed by atoms with van der Waals surface area (Å²) in [4.78, 5) is 15.3. The van der Waals surface area contributed by atoms with Gasteiger partial charge in [0.15, 0.2) is 0 Å². The average molecular weight is 227 g/mol. The first-order valence-electron chi connectivity index (χ1n) is 5.29. The first kappa shape index (κ1) is 11.1. The normalized spacial score (nSPS) is 11.8. The van der Waals surface area contributed by atoms with Gasteiger partial charge in [-0.25, -0.2) is 4.79 Å². The zero-order chi connectivity index (χ0) is 12.1. The zero-order valence-corrected chi connectivity index (χ0v) is 9.21. The molecule has 0 fully saturated rings. The highest BCUT2D eigenvalue weighted by Gasteiger charge is 2.15. The Kier molecular flexibility index (Phi) is 3.35. The lowest BCUT2D eigenvalue weighted by molar-refractivity contribution is 0.246. The number of nitrogens with one attached hydrogen (secondary N) is 1. The lowest BCUT2D eigenvalue weighted by Crippen LogP contribution is -2.34. The van der Waals surface area contributed by atoms with E-state index in [1.54, 1.807) is 6.20 Å². The van der Waals surface area contributed by atoms with Gasteiger partial charge in [-0.2, -0.15) is 0 Å². The summed E-state index contributed by atoms with van der Waals surface area (Å²) in [6.45, 7) is 0. The average Bonchev–Trinajstić information content (AvgIpc) is 2.38. The largest absolute Gasteiger partial charge is 0.352 e. The molecule has 0 saturated heterocycles. The van der Waals surface area contributed by atoms with E-state index in [9.17, 15) is 4.79 Å². The minimum absolute atomic E-state index is 0.310. The van der Waals surface area contributed by atoms with Crippen molar-refractivity contribution < 1.29 is 4.79 Å². The van der Waals surface area contributed by atoms with Gasteiger partial charge in [0.1, 0.15) is 0 Å². The third-order valence-electron chi connectivity index (χ3n) is 2.40. The lowest BCUT2D eigenvalue weighted by Gasteiger charge is -2.17. The molecule has 2 amide bonds. The number of nitrogens with zero attached hydrogens (tertiary/aromatic N) is 1. The van der Waals surface area contributed by atoms with Crippen LogP contribution in [0.2, 0.25) is 0 Å². The summed E-state index contributed by atoms with van der Waals surface area (Å²) >= 11 is 0. The Morgan fingerprint density at radius 3 is 2.41 bits per heavy atom. The first-order chi connectivity index (χ1) is 8.27. The van der Waals surface area contributed by atoms with Crippen LogP contribution < -0.4 is 11.1 Å². The van der Waals surface area contributed by atoms with E-state index in [2.05, 4.69) is 10.3 Å². The summed E-state index contributed by atoms with van der Waals surface area (Å²) in [6.07, 6.45) is 1.69. The maximum absolute atomic E-state index is 11.0. The van der Waals surface area contributed by atoms with Gasteiger partial charge >= 0.3 is 6.03 Å². The molecule has 1 unspecified atom stereocenters. The van der Waals surface area contributed by atoms with Crippen LogP contribution in [0.15, 0.2) is 54.7 Å². The fourth-order valence-corrected chi connectivity index (χ4v) is 1.66. The maximum Gasteiger partial charge on any atom is 0.312 e. The molecule has 3 N–H and O–H groups in total. The number of nitrogens with two attached hydrogens (primary N) is 1. The number of amides is 2. The van der Waals surface area contributed by atoms with Gasteiger partial charge in [-0.3, -0.25) is 4.98 Å². The molecule has 1 heterocycles. The van der Waals surface area contributed by atoms with Crippen molar-refractivity contribution in [1.82, 2.24) is 10.3 Å². The number of primary amides is 1. The smallest absolute Gasteiger partial charge is 0.312 e. The van der Waals surface area contributed by atoms with Crippen molar-refractivity contribution in [2.24, 2.45) is 5.73 Å². The number of hydrogen-bond donors (Lipinski definition) is 2. The number of benzene rings is 1. The molecule has 0 bridgehead atoms. The van der Waals surface area contributed by atoms with Gasteiger partial charge in [-0.15, -0.1) is 0 Å². The van der Waals surface area contributed by atoms with Crippen LogP contribution in [0.5, 0.6) is 0 Å². The highest BCUT2D eigenvalue weighted by Crippen LogP contribution is 2.19. The van der Waals surface area contributed by atoms with Crippen LogP contribution in [0.3, 0.4) is 0 Å². The molecular weight excluding hydrogens is 214 g/mol. The Morgan fingerprint density at radius 1 is 1.12 bits per heavy atom. The van der Waals surface area contributed by atoms with Crippen LogP contribution in [0.1, 0.15) is 17.3 Å². The van der Waals surface area contributed by atoms with Crippen LogP contribution in [-0.4, -0.2) is 11.0 Å². The van der Waals surface area contributed by atoms with Gasteiger partial charge in [-0.05, 0) is 17.7 Å². The number of carbonyl (C=O) groups is 1. The van der Waals surface area contributed by atoms with E-state index in [1.165, 1.54) is 0 Å². The Labute approximate surface area is 99.5 Å². The fraction of sp³-hybridized carbons (Fsp3) is 0.0769. The molecule has 1 aromatic heterocycles. The summed E-state index contributed by atoms with van der Waals surface area (Å²) in [5, 5.41) is 2.69. The predicted molar refractivity (Wildman–Crippen MR) is 65.2 cm³/mol. The van der Waals surface area contributed by atoms with Gasteiger partial charge in [-0.1, -0.05) is 36.4 Å². The van der Waals surface area contributed by atoms with Gasteiger partial charge in [0, 0.05) is 6.20 Å². The predicted octanol–water partition coefficient (Wildman–Crippen LogP) is 1.84. The van der Waals surface area contributed by atoms with Gasteiger partial charge in [0.2, 0.25) is 0 Å². The second-order valence-corrected chi connectivity index (χ2v) is 3.61. The zero-order valence-electron chi connectivity index (χ0n) is 9.21. The molecule has 0 aliphatic rings. The molecule has 0 spiro atoms. The Morgan fingerprint density at radius 2 is 1.82 bits per heavy atom. The maximum atomic E-state index is 11.0. The molecular formula is C13H13N3O. The second kappa shape index (κ2) is 5.12. The molecule has 0 radical (unpaired) electrons. The molecule has 2 rings (SSSR count). The van der Waals surface area contributed by atoms with E-state index in [1.807, 2.05) is 48.5 Å². The summed E-state index contributed by atoms with van der Waals surface area (Å²) in [7, 11) is 0. The SMILES string of the molecule is NC(=O)NC(c1ccccc1)c1ccccn1. The van der Waals surface area contributed by atoms with Crippen molar-refractivity contribution in [3.63, 3.8) is 0 Å². The molecule has 1 aromatic carbocycles. The third kappa shape index (κ3) is 2.81. The standard InChI is InChI=1S/C13H13N3O/c14-13(17)16-12(10-6-2-1-3-7-10)11-8-4-5-9-15-11/h1-9,12H,(H3,14,16,17). The number of hydrogen-bond acceptors (Lipinski definition) is 2. The molecule has 0 aliphatic heterocycles.